The third-order valence-electron chi connectivity index (χ3n) is 4.06. The highest BCUT2D eigenvalue weighted by molar-refractivity contribution is 7.14. The van der Waals surface area contributed by atoms with E-state index in [2.05, 4.69) is 4.98 Å². The monoisotopic (exact) mass is 389 g/mol. The van der Waals surface area contributed by atoms with Crippen molar-refractivity contribution in [2.45, 2.75) is 20.0 Å². The number of benzene rings is 1. The molecule has 1 aliphatic heterocycles. The van der Waals surface area contributed by atoms with Crippen LogP contribution in [0.1, 0.15) is 19.5 Å². The number of anilines is 2. The summed E-state index contributed by atoms with van der Waals surface area (Å²) in [6, 6.07) is 6.04. The van der Waals surface area contributed by atoms with E-state index in [-0.39, 0.29) is 23.6 Å². The van der Waals surface area contributed by atoms with Gasteiger partial charge in [0.2, 0.25) is 11.8 Å². The van der Waals surface area contributed by atoms with Crippen molar-refractivity contribution in [2.75, 3.05) is 24.6 Å². The van der Waals surface area contributed by atoms with Gasteiger partial charge >= 0.3 is 0 Å². The largest absolute Gasteiger partial charge is 0.375 e. The summed E-state index contributed by atoms with van der Waals surface area (Å²) in [7, 11) is 0. The van der Waals surface area contributed by atoms with E-state index >= 15 is 0 Å². The van der Waals surface area contributed by atoms with Crippen LogP contribution in [-0.4, -0.2) is 47.5 Å². The molecule has 1 aliphatic rings. The molecule has 8 heteroatoms. The van der Waals surface area contributed by atoms with Crippen molar-refractivity contribution in [3.63, 3.8) is 0 Å². The van der Waals surface area contributed by atoms with E-state index in [9.17, 15) is 14.0 Å². The molecule has 2 amide bonds. The molecule has 1 unspecified atom stereocenters. The number of rotatable bonds is 4. The van der Waals surface area contributed by atoms with Crippen LogP contribution in [-0.2, 0) is 14.3 Å². The molecule has 0 aliphatic carbocycles. The number of hydrogen-bond acceptors (Lipinski definition) is 5. The molecule has 3 rings (SSSR count). The average molecular weight is 389 g/mol. The minimum Gasteiger partial charge on any atom is -0.375 e. The number of carbonyl (C=O) groups excluding carboxylic acids is 2. The Balaban J connectivity index is 1.76. The van der Waals surface area contributed by atoms with Crippen LogP contribution in [0.25, 0.3) is 6.08 Å². The highest BCUT2D eigenvalue weighted by Crippen LogP contribution is 2.30. The van der Waals surface area contributed by atoms with Gasteiger partial charge in [-0.3, -0.25) is 14.5 Å². The molecule has 6 nitrogen and oxygen atoms in total. The molecule has 0 bridgehead atoms. The lowest BCUT2D eigenvalue weighted by Gasteiger charge is -2.30. The van der Waals surface area contributed by atoms with E-state index in [1.54, 1.807) is 28.5 Å². The molecule has 1 fully saturated rings. The minimum absolute atomic E-state index is 0.0202. The lowest BCUT2D eigenvalue weighted by atomic mass is 10.3. The fraction of sp³-hybridized carbons (Fsp3) is 0.316. The predicted molar refractivity (Wildman–Crippen MR) is 102 cm³/mol. The zero-order valence-corrected chi connectivity index (χ0v) is 15.9. The second kappa shape index (κ2) is 8.41. The third-order valence-corrected chi connectivity index (χ3v) is 4.90. The quantitative estimate of drug-likeness (QED) is 0.754. The van der Waals surface area contributed by atoms with Gasteiger partial charge in [0.05, 0.1) is 24.1 Å². The predicted octanol–water partition coefficient (Wildman–Crippen LogP) is 3.23. The number of halogens is 1. The van der Waals surface area contributed by atoms with E-state index in [0.717, 1.165) is 0 Å². The maximum absolute atomic E-state index is 14.1. The Morgan fingerprint density at radius 3 is 2.89 bits per heavy atom. The van der Waals surface area contributed by atoms with Crippen molar-refractivity contribution in [2.24, 2.45) is 0 Å². The van der Waals surface area contributed by atoms with Crippen molar-refractivity contribution in [3.8, 4) is 0 Å². The summed E-state index contributed by atoms with van der Waals surface area (Å²) < 4.78 is 19.5. The van der Waals surface area contributed by atoms with Crippen molar-refractivity contribution in [1.29, 1.82) is 0 Å². The van der Waals surface area contributed by atoms with Crippen molar-refractivity contribution in [3.05, 3.63) is 47.2 Å². The number of nitrogens with zero attached hydrogens (tertiary/aromatic N) is 3. The first-order chi connectivity index (χ1) is 13.0. The van der Waals surface area contributed by atoms with Crippen molar-refractivity contribution < 1.29 is 18.7 Å². The Labute approximate surface area is 160 Å². The van der Waals surface area contributed by atoms with Crippen LogP contribution in [0.3, 0.4) is 0 Å². The van der Waals surface area contributed by atoms with Gasteiger partial charge in [-0.1, -0.05) is 12.1 Å². The molecule has 1 saturated heterocycles. The van der Waals surface area contributed by atoms with Crippen molar-refractivity contribution in [1.82, 2.24) is 9.88 Å². The molecular formula is C19H20FN3O3S. The highest BCUT2D eigenvalue weighted by Gasteiger charge is 2.21. The molecule has 1 aromatic carbocycles. The van der Waals surface area contributed by atoms with Gasteiger partial charge < -0.3 is 9.64 Å². The Morgan fingerprint density at radius 1 is 1.41 bits per heavy atom. The summed E-state index contributed by atoms with van der Waals surface area (Å²) in [6.45, 7) is 4.91. The molecule has 142 valence electrons. The Bertz CT molecular complexity index is 867. The van der Waals surface area contributed by atoms with Gasteiger partial charge in [0, 0.05) is 31.5 Å². The standard InChI is InChI=1S/C19H20FN3O3S/c1-13-11-22(9-10-26-13)18(25)8-7-15-12-27-19(21-15)23(14(2)24)17-6-4-3-5-16(17)20/h3-8,12-13H,9-11H2,1-2H3/b8-7+. The van der Waals surface area contributed by atoms with Crippen LogP contribution in [0.4, 0.5) is 15.2 Å². The van der Waals surface area contributed by atoms with Crippen LogP contribution in [0.5, 0.6) is 0 Å². The van der Waals surface area contributed by atoms with E-state index in [1.807, 2.05) is 6.92 Å². The van der Waals surface area contributed by atoms with E-state index < -0.39 is 5.82 Å². The van der Waals surface area contributed by atoms with E-state index in [0.29, 0.717) is 30.5 Å². The zero-order chi connectivity index (χ0) is 19.4. The van der Waals surface area contributed by atoms with Gasteiger partial charge in [-0.05, 0) is 25.1 Å². The van der Waals surface area contributed by atoms with Gasteiger partial charge in [0.25, 0.3) is 0 Å². The molecule has 2 aromatic rings. The summed E-state index contributed by atoms with van der Waals surface area (Å²) in [4.78, 5) is 31.6. The normalized spacial score (nSPS) is 17.3. The topological polar surface area (TPSA) is 62.7 Å². The number of hydrogen-bond donors (Lipinski definition) is 0. The van der Waals surface area contributed by atoms with Crippen LogP contribution in [0.2, 0.25) is 0 Å². The van der Waals surface area contributed by atoms with E-state index in [4.69, 9.17) is 4.74 Å². The first-order valence-corrected chi connectivity index (χ1v) is 9.43. The van der Waals surface area contributed by atoms with Crippen LogP contribution in [0.15, 0.2) is 35.7 Å². The van der Waals surface area contributed by atoms with Gasteiger partial charge in [0.1, 0.15) is 5.82 Å². The number of aromatic nitrogens is 1. The van der Waals surface area contributed by atoms with Gasteiger partial charge in [-0.2, -0.15) is 0 Å². The summed E-state index contributed by atoms with van der Waals surface area (Å²) in [5.41, 5.74) is 0.681. The van der Waals surface area contributed by atoms with Crippen LogP contribution < -0.4 is 4.90 Å². The lowest BCUT2D eigenvalue weighted by molar-refractivity contribution is -0.132. The van der Waals surface area contributed by atoms with Crippen LogP contribution >= 0.6 is 11.3 Å². The second-order valence-corrected chi connectivity index (χ2v) is 7.00. The summed E-state index contributed by atoms with van der Waals surface area (Å²) in [5.74, 6) is -0.961. The van der Waals surface area contributed by atoms with Crippen LogP contribution in [0, 0.1) is 5.82 Å². The minimum atomic E-state index is -0.503. The number of ether oxygens (including phenoxy) is 1. The molecule has 0 saturated carbocycles. The molecule has 27 heavy (non-hydrogen) atoms. The Hall–Kier alpha value is -2.58. The molecule has 0 spiro atoms. The van der Waals surface area contributed by atoms with Gasteiger partial charge in [0.15, 0.2) is 5.13 Å². The molecule has 2 heterocycles. The zero-order valence-electron chi connectivity index (χ0n) is 15.1. The molecule has 0 radical (unpaired) electrons. The number of carbonyl (C=O) groups is 2. The van der Waals surface area contributed by atoms with Gasteiger partial charge in [-0.25, -0.2) is 9.37 Å². The molecular weight excluding hydrogens is 369 g/mol. The van der Waals surface area contributed by atoms with Crippen molar-refractivity contribution >= 4 is 40.0 Å². The smallest absolute Gasteiger partial charge is 0.246 e. The molecule has 1 aromatic heterocycles. The average Bonchev–Trinajstić information content (AvgIpc) is 3.09. The number of para-hydroxylation sites is 1. The third kappa shape index (κ3) is 4.58. The molecule has 1 atom stereocenters. The number of amides is 2. The number of morpholine rings is 1. The fourth-order valence-corrected chi connectivity index (χ4v) is 3.62. The number of thiazole rings is 1. The first-order valence-electron chi connectivity index (χ1n) is 8.55. The Morgan fingerprint density at radius 2 is 2.19 bits per heavy atom. The van der Waals surface area contributed by atoms with Gasteiger partial charge in [-0.15, -0.1) is 11.3 Å². The first kappa shape index (κ1) is 19.2. The fourth-order valence-electron chi connectivity index (χ4n) is 2.78. The SMILES string of the molecule is CC(=O)N(c1nc(/C=C/C(=O)N2CCOC(C)C2)cs1)c1ccccc1F. The summed E-state index contributed by atoms with van der Waals surface area (Å²) in [6.07, 6.45) is 3.08. The summed E-state index contributed by atoms with van der Waals surface area (Å²) >= 11 is 1.21. The maximum atomic E-state index is 14.1. The summed E-state index contributed by atoms with van der Waals surface area (Å²) in [5, 5.41) is 2.07. The maximum Gasteiger partial charge on any atom is 0.246 e. The lowest BCUT2D eigenvalue weighted by Crippen LogP contribution is -2.43. The molecule has 0 N–H and O–H groups in total. The Kier molecular flexibility index (Phi) is 5.98. The van der Waals surface area contributed by atoms with E-state index in [1.165, 1.54) is 41.4 Å². The highest BCUT2D eigenvalue weighted by atomic mass is 32.1. The second-order valence-electron chi connectivity index (χ2n) is 6.16.